The van der Waals surface area contributed by atoms with Crippen LogP contribution in [0.2, 0.25) is 0 Å². The van der Waals surface area contributed by atoms with Crippen LogP contribution in [0.4, 0.5) is 4.79 Å². The fourth-order valence-electron chi connectivity index (χ4n) is 2.59. The summed E-state index contributed by atoms with van der Waals surface area (Å²) in [5.41, 5.74) is 0.225. The zero-order valence-corrected chi connectivity index (χ0v) is 12.5. The number of quaternary nitrogens is 1. The largest absolute Gasteiger partial charge is 0.498 e. The van der Waals surface area contributed by atoms with Crippen LogP contribution in [0.25, 0.3) is 0 Å². The quantitative estimate of drug-likeness (QED) is 0.520. The van der Waals surface area contributed by atoms with Crippen molar-refractivity contribution in [2.45, 2.75) is 39.2 Å². The van der Waals surface area contributed by atoms with Crippen molar-refractivity contribution in [1.82, 2.24) is 4.90 Å². The van der Waals surface area contributed by atoms with Crippen molar-refractivity contribution < 1.29 is 19.2 Å². The zero-order valence-electron chi connectivity index (χ0n) is 12.5. The number of amides is 1. The van der Waals surface area contributed by atoms with Crippen LogP contribution >= 0.6 is 0 Å². The van der Waals surface area contributed by atoms with Crippen molar-refractivity contribution in [3.05, 3.63) is 11.8 Å². The summed E-state index contributed by atoms with van der Waals surface area (Å²) in [5, 5.41) is 11.6. The second-order valence-electron chi connectivity index (χ2n) is 6.39. The third-order valence-electron chi connectivity index (χ3n) is 3.89. The summed E-state index contributed by atoms with van der Waals surface area (Å²) in [6.07, 6.45) is 1.43. The van der Waals surface area contributed by atoms with E-state index in [0.29, 0.717) is 25.1 Å². The molecular formula is C14H24N2O3. The van der Waals surface area contributed by atoms with E-state index in [1.165, 1.54) is 0 Å². The van der Waals surface area contributed by atoms with E-state index in [9.17, 15) is 14.7 Å². The molecule has 1 fully saturated rings. The molecule has 1 rings (SSSR count). The molecular weight excluding hydrogens is 244 g/mol. The highest BCUT2D eigenvalue weighted by Gasteiger charge is 2.44. The van der Waals surface area contributed by atoms with Crippen LogP contribution in [-0.2, 0) is 4.79 Å². The Kier molecular flexibility index (Phi) is 4.40. The predicted octanol–water partition coefficient (Wildman–Crippen LogP) is 0.753. The van der Waals surface area contributed by atoms with E-state index in [1.807, 2.05) is 39.8 Å². The van der Waals surface area contributed by atoms with Gasteiger partial charge in [-0.2, -0.15) is 0 Å². The van der Waals surface area contributed by atoms with Crippen LogP contribution < -0.4 is 5.11 Å². The molecule has 0 aromatic carbocycles. The van der Waals surface area contributed by atoms with E-state index < -0.39 is 11.6 Å². The number of nitrogens with zero attached hydrogens (tertiary/aromatic N) is 2. The molecule has 0 spiro atoms. The average molecular weight is 268 g/mol. The Morgan fingerprint density at radius 3 is 2.21 bits per heavy atom. The lowest BCUT2D eigenvalue weighted by molar-refractivity contribution is -0.918. The molecule has 1 aliphatic rings. The lowest BCUT2D eigenvalue weighted by Crippen LogP contribution is -2.68. The molecule has 5 nitrogen and oxygen atoms in total. The highest BCUT2D eigenvalue weighted by molar-refractivity contribution is 5.95. The van der Waals surface area contributed by atoms with Gasteiger partial charge in [0.05, 0.1) is 25.0 Å². The number of rotatable bonds is 1. The normalized spacial score (nSPS) is 27.2. The SMILES string of the molecule is CN(C)C=C1CC[N+](C(=O)[O-])(C(C)(C)C)CCC1=O. The van der Waals surface area contributed by atoms with E-state index in [-0.39, 0.29) is 16.7 Å². The first-order valence-electron chi connectivity index (χ1n) is 6.59. The van der Waals surface area contributed by atoms with Crippen LogP contribution in [0, 0.1) is 0 Å². The van der Waals surface area contributed by atoms with Gasteiger partial charge >= 0.3 is 0 Å². The van der Waals surface area contributed by atoms with Crippen molar-refractivity contribution in [2.24, 2.45) is 0 Å². The van der Waals surface area contributed by atoms with Gasteiger partial charge < -0.3 is 14.8 Å². The molecule has 1 amide bonds. The molecule has 108 valence electrons. The maximum atomic E-state index is 12.1. The van der Waals surface area contributed by atoms with Crippen molar-refractivity contribution in [3.63, 3.8) is 0 Å². The van der Waals surface area contributed by atoms with Crippen LogP contribution in [0.1, 0.15) is 33.6 Å². The van der Waals surface area contributed by atoms with Gasteiger partial charge in [0.2, 0.25) is 0 Å². The molecule has 1 atom stereocenters. The molecule has 0 saturated carbocycles. The van der Waals surface area contributed by atoms with Crippen LogP contribution in [0.3, 0.4) is 0 Å². The van der Waals surface area contributed by atoms with Gasteiger partial charge in [-0.3, -0.25) is 9.28 Å². The lowest BCUT2D eigenvalue weighted by Gasteiger charge is -2.47. The fraction of sp³-hybridized carbons (Fsp3) is 0.714. The minimum atomic E-state index is -1.09. The molecule has 5 heteroatoms. The smallest absolute Gasteiger partial charge is 0.257 e. The summed E-state index contributed by atoms with van der Waals surface area (Å²) in [7, 11) is 3.71. The molecule has 1 heterocycles. The summed E-state index contributed by atoms with van der Waals surface area (Å²) in [5.74, 6) is 0.0409. The summed E-state index contributed by atoms with van der Waals surface area (Å²) in [4.78, 5) is 25.5. The summed E-state index contributed by atoms with van der Waals surface area (Å²) < 4.78 is -0.163. The van der Waals surface area contributed by atoms with Gasteiger partial charge in [0.25, 0.3) is 6.09 Å². The van der Waals surface area contributed by atoms with Crippen LogP contribution in [-0.4, -0.2) is 54.0 Å². The maximum Gasteiger partial charge on any atom is 0.257 e. The highest BCUT2D eigenvalue weighted by Crippen LogP contribution is 2.30. The zero-order chi connectivity index (χ0) is 14.8. The Labute approximate surface area is 115 Å². The first-order chi connectivity index (χ1) is 8.60. The standard InChI is InChI=1S/C14H24N2O3/c1-14(2,3)16(13(18)19)8-6-11(10-15(4)5)12(17)7-9-16/h10H,6-9H2,1-5H3. The average Bonchev–Trinajstić information content (AvgIpc) is 2.39. The van der Waals surface area contributed by atoms with Crippen molar-refractivity contribution >= 4 is 11.9 Å². The Hall–Kier alpha value is -1.36. The molecule has 0 aromatic rings. The Morgan fingerprint density at radius 1 is 1.26 bits per heavy atom. The highest BCUT2D eigenvalue weighted by atomic mass is 16.4. The molecule has 0 bridgehead atoms. The lowest BCUT2D eigenvalue weighted by atomic mass is 10.0. The maximum absolute atomic E-state index is 12.1. The van der Waals surface area contributed by atoms with E-state index >= 15 is 0 Å². The van der Waals surface area contributed by atoms with Gasteiger partial charge in [-0.25, -0.2) is 0 Å². The summed E-state index contributed by atoms with van der Waals surface area (Å²) in [6.45, 7) is 6.35. The number of Topliss-reactive ketones (excluding diaryl/α,β-unsaturated/α-hetero) is 1. The van der Waals surface area contributed by atoms with Gasteiger partial charge in [-0.15, -0.1) is 0 Å². The van der Waals surface area contributed by atoms with Crippen molar-refractivity contribution in [1.29, 1.82) is 0 Å². The van der Waals surface area contributed by atoms with Crippen molar-refractivity contribution in [2.75, 3.05) is 27.2 Å². The summed E-state index contributed by atoms with van der Waals surface area (Å²) >= 11 is 0. The summed E-state index contributed by atoms with van der Waals surface area (Å²) in [6, 6.07) is 0. The molecule has 1 saturated heterocycles. The van der Waals surface area contributed by atoms with Crippen LogP contribution in [0.15, 0.2) is 11.8 Å². The first kappa shape index (κ1) is 15.7. The first-order valence-corrected chi connectivity index (χ1v) is 6.59. The second-order valence-corrected chi connectivity index (χ2v) is 6.39. The Morgan fingerprint density at radius 2 is 1.79 bits per heavy atom. The van der Waals surface area contributed by atoms with Gasteiger partial charge in [-0.1, -0.05) is 0 Å². The molecule has 0 radical (unpaired) electrons. The number of carbonyl (C=O) groups excluding carboxylic acids is 2. The molecule has 0 aromatic heterocycles. The Balaban J connectivity index is 3.11. The molecule has 19 heavy (non-hydrogen) atoms. The molecule has 0 aliphatic carbocycles. The van der Waals surface area contributed by atoms with Gasteiger partial charge in [0, 0.05) is 32.3 Å². The predicted molar refractivity (Wildman–Crippen MR) is 71.2 cm³/mol. The van der Waals surface area contributed by atoms with E-state index in [4.69, 9.17) is 0 Å². The van der Waals surface area contributed by atoms with Crippen LogP contribution in [0.5, 0.6) is 0 Å². The van der Waals surface area contributed by atoms with E-state index in [1.54, 1.807) is 6.20 Å². The fourth-order valence-corrected chi connectivity index (χ4v) is 2.59. The minimum Gasteiger partial charge on any atom is -0.498 e. The van der Waals surface area contributed by atoms with Gasteiger partial charge in [0.1, 0.15) is 0 Å². The number of hydrogen-bond acceptors (Lipinski definition) is 4. The number of carboxylic acid groups (broad SMARTS) is 1. The number of hydrogen-bond donors (Lipinski definition) is 0. The molecule has 1 aliphatic heterocycles. The van der Waals surface area contributed by atoms with Gasteiger partial charge in [0.15, 0.2) is 5.78 Å². The van der Waals surface area contributed by atoms with E-state index in [2.05, 4.69) is 0 Å². The minimum absolute atomic E-state index is 0.0409. The Bertz CT molecular complexity index is 407. The third-order valence-corrected chi connectivity index (χ3v) is 3.89. The third kappa shape index (κ3) is 3.15. The number of likely N-dealkylation sites (tertiary alicyclic amines) is 1. The van der Waals surface area contributed by atoms with Crippen molar-refractivity contribution in [3.8, 4) is 0 Å². The number of ketones is 1. The monoisotopic (exact) mass is 268 g/mol. The van der Waals surface area contributed by atoms with E-state index in [0.717, 1.165) is 0 Å². The molecule has 0 N–H and O–H groups in total. The number of carbonyl (C=O) groups is 2. The topological polar surface area (TPSA) is 60.4 Å². The molecule has 1 unspecified atom stereocenters. The second kappa shape index (κ2) is 5.33. The van der Waals surface area contributed by atoms with Gasteiger partial charge in [-0.05, 0) is 20.8 Å².